The van der Waals surface area contributed by atoms with Gasteiger partial charge in [0.05, 0.1) is 18.3 Å². The summed E-state index contributed by atoms with van der Waals surface area (Å²) in [4.78, 5) is 34.3. The van der Waals surface area contributed by atoms with Crippen molar-refractivity contribution in [1.82, 2.24) is 9.88 Å². The molecule has 0 unspecified atom stereocenters. The highest BCUT2D eigenvalue weighted by molar-refractivity contribution is 7.10. The molecule has 0 atom stereocenters. The van der Waals surface area contributed by atoms with E-state index in [1.807, 2.05) is 34.5 Å². The first kappa shape index (κ1) is 23.1. The number of hydrogen-bond donors (Lipinski definition) is 1. The summed E-state index contributed by atoms with van der Waals surface area (Å²) in [5.41, 5.74) is 0.672. The zero-order valence-corrected chi connectivity index (χ0v) is 19.6. The summed E-state index contributed by atoms with van der Waals surface area (Å²) >= 11 is 7.44. The summed E-state index contributed by atoms with van der Waals surface area (Å²) in [6, 6.07) is 14.6. The molecular formula is C24H25ClN4O3S. The average molecular weight is 485 g/mol. The fourth-order valence-corrected chi connectivity index (χ4v) is 4.42. The monoisotopic (exact) mass is 484 g/mol. The van der Waals surface area contributed by atoms with Crippen molar-refractivity contribution in [2.75, 3.05) is 43.0 Å². The number of amides is 2. The van der Waals surface area contributed by atoms with Gasteiger partial charge in [-0.3, -0.25) is 9.59 Å². The van der Waals surface area contributed by atoms with Gasteiger partial charge >= 0.3 is 0 Å². The Balaban J connectivity index is 1.26. The number of pyridine rings is 1. The lowest BCUT2D eigenvalue weighted by Crippen LogP contribution is -2.38. The van der Waals surface area contributed by atoms with Gasteiger partial charge in [0.15, 0.2) is 6.61 Å². The zero-order valence-electron chi connectivity index (χ0n) is 18.1. The lowest BCUT2D eigenvalue weighted by atomic mass is 10.3. The van der Waals surface area contributed by atoms with Crippen LogP contribution in [-0.2, 0) is 16.0 Å². The second-order valence-electron chi connectivity index (χ2n) is 7.67. The number of rotatable bonds is 7. The summed E-state index contributed by atoms with van der Waals surface area (Å²) in [5.74, 6) is 1.36. The van der Waals surface area contributed by atoms with E-state index in [1.54, 1.807) is 41.8 Å². The highest BCUT2D eigenvalue weighted by Gasteiger charge is 2.20. The molecule has 0 saturated carbocycles. The molecule has 2 aromatic heterocycles. The molecule has 33 heavy (non-hydrogen) atoms. The molecule has 4 rings (SSSR count). The fraction of sp³-hybridized carbons (Fsp3) is 0.292. The van der Waals surface area contributed by atoms with Crippen molar-refractivity contribution in [3.05, 3.63) is 70.0 Å². The Morgan fingerprint density at radius 2 is 1.91 bits per heavy atom. The van der Waals surface area contributed by atoms with Crippen LogP contribution in [0.3, 0.4) is 0 Å². The molecule has 2 amide bonds. The van der Waals surface area contributed by atoms with Gasteiger partial charge in [-0.1, -0.05) is 17.7 Å². The first-order valence-electron chi connectivity index (χ1n) is 10.8. The van der Waals surface area contributed by atoms with Crippen molar-refractivity contribution < 1.29 is 14.3 Å². The van der Waals surface area contributed by atoms with Crippen LogP contribution in [0, 0.1) is 0 Å². The molecule has 0 aliphatic carbocycles. The van der Waals surface area contributed by atoms with Gasteiger partial charge in [-0.05, 0) is 54.3 Å². The van der Waals surface area contributed by atoms with Gasteiger partial charge in [0, 0.05) is 36.1 Å². The summed E-state index contributed by atoms with van der Waals surface area (Å²) in [5, 5.41) is 5.48. The highest BCUT2D eigenvalue weighted by Crippen LogP contribution is 2.18. The smallest absolute Gasteiger partial charge is 0.260 e. The van der Waals surface area contributed by atoms with Crippen LogP contribution in [0.2, 0.25) is 5.02 Å². The number of nitrogens with zero attached hydrogens (tertiary/aromatic N) is 3. The molecule has 1 aliphatic rings. The number of carbonyl (C=O) groups is 2. The maximum absolute atomic E-state index is 12.6. The van der Waals surface area contributed by atoms with Crippen LogP contribution < -0.4 is 15.0 Å². The van der Waals surface area contributed by atoms with Crippen LogP contribution in [-0.4, -0.2) is 54.5 Å². The molecule has 7 nitrogen and oxygen atoms in total. The maximum atomic E-state index is 12.6. The van der Waals surface area contributed by atoms with E-state index in [1.165, 1.54) is 0 Å². The molecule has 1 fully saturated rings. The number of halogens is 1. The predicted molar refractivity (Wildman–Crippen MR) is 131 cm³/mol. The van der Waals surface area contributed by atoms with Gasteiger partial charge in [-0.15, -0.1) is 11.3 Å². The topological polar surface area (TPSA) is 74.8 Å². The number of anilines is 2. The molecule has 0 radical (unpaired) electrons. The number of aromatic nitrogens is 1. The maximum Gasteiger partial charge on any atom is 0.260 e. The summed E-state index contributed by atoms with van der Waals surface area (Å²) in [7, 11) is 0. The second-order valence-corrected chi connectivity index (χ2v) is 9.14. The molecule has 1 aromatic carbocycles. The van der Waals surface area contributed by atoms with Gasteiger partial charge < -0.3 is 19.9 Å². The van der Waals surface area contributed by atoms with E-state index < -0.39 is 0 Å². The third-order valence-electron chi connectivity index (χ3n) is 5.30. The van der Waals surface area contributed by atoms with Gasteiger partial charge in [-0.2, -0.15) is 0 Å². The molecule has 1 saturated heterocycles. The third-order valence-corrected chi connectivity index (χ3v) is 6.42. The van der Waals surface area contributed by atoms with Gasteiger partial charge in [-0.25, -0.2) is 4.98 Å². The number of carbonyl (C=O) groups excluding carboxylic acids is 2. The molecule has 172 valence electrons. The summed E-state index contributed by atoms with van der Waals surface area (Å²) < 4.78 is 5.60. The molecule has 1 aliphatic heterocycles. The lowest BCUT2D eigenvalue weighted by Gasteiger charge is -2.23. The van der Waals surface area contributed by atoms with Gasteiger partial charge in [0.25, 0.3) is 5.91 Å². The van der Waals surface area contributed by atoms with Crippen molar-refractivity contribution in [3.8, 4) is 5.75 Å². The van der Waals surface area contributed by atoms with Crippen LogP contribution in [0.4, 0.5) is 11.5 Å². The van der Waals surface area contributed by atoms with E-state index >= 15 is 0 Å². The van der Waals surface area contributed by atoms with E-state index in [0.29, 0.717) is 42.5 Å². The van der Waals surface area contributed by atoms with Crippen molar-refractivity contribution >= 4 is 46.3 Å². The van der Waals surface area contributed by atoms with Crippen LogP contribution in [0.25, 0.3) is 0 Å². The van der Waals surface area contributed by atoms with Crippen molar-refractivity contribution in [3.63, 3.8) is 0 Å². The number of ether oxygens (including phenoxy) is 1. The minimum absolute atomic E-state index is 0.000249. The first-order chi connectivity index (χ1) is 16.1. The number of hydrogen-bond acceptors (Lipinski definition) is 6. The Morgan fingerprint density at radius 3 is 2.64 bits per heavy atom. The van der Waals surface area contributed by atoms with Gasteiger partial charge in [0.2, 0.25) is 5.91 Å². The van der Waals surface area contributed by atoms with E-state index in [-0.39, 0.29) is 18.4 Å². The van der Waals surface area contributed by atoms with Crippen LogP contribution in [0.1, 0.15) is 11.3 Å². The fourth-order valence-electron chi connectivity index (χ4n) is 3.59. The third kappa shape index (κ3) is 6.69. The van der Waals surface area contributed by atoms with Crippen molar-refractivity contribution in [1.29, 1.82) is 0 Å². The SMILES string of the molecule is O=C(Cc1cccs1)Nc1ccc(N2CCCN(C(=O)COc3ccc(Cl)cc3)CC2)nc1. The van der Waals surface area contributed by atoms with Gasteiger partial charge in [0.1, 0.15) is 11.6 Å². The van der Waals surface area contributed by atoms with E-state index in [0.717, 1.165) is 23.7 Å². The number of nitrogens with one attached hydrogen (secondary N) is 1. The Bertz CT molecular complexity index is 1060. The highest BCUT2D eigenvalue weighted by atomic mass is 35.5. The average Bonchev–Trinajstić information content (AvgIpc) is 3.20. The first-order valence-corrected chi connectivity index (χ1v) is 12.0. The van der Waals surface area contributed by atoms with Crippen LogP contribution in [0.5, 0.6) is 5.75 Å². The minimum Gasteiger partial charge on any atom is -0.484 e. The Hall–Kier alpha value is -3.10. The Kier molecular flexibility index (Phi) is 7.80. The number of benzene rings is 1. The standard InChI is InChI=1S/C24H25ClN4O3S/c25-18-4-7-20(8-5-18)32-17-24(31)29-11-2-10-28(12-13-29)22-9-6-19(16-26-22)27-23(30)15-21-3-1-14-33-21/h1,3-9,14,16H,2,10-13,15,17H2,(H,27,30). The second kappa shape index (κ2) is 11.2. The normalized spacial score (nSPS) is 14.0. The van der Waals surface area contributed by atoms with E-state index in [2.05, 4.69) is 15.2 Å². The largest absolute Gasteiger partial charge is 0.484 e. The van der Waals surface area contributed by atoms with Crippen molar-refractivity contribution in [2.45, 2.75) is 12.8 Å². The molecule has 3 aromatic rings. The zero-order chi connectivity index (χ0) is 23.0. The lowest BCUT2D eigenvalue weighted by molar-refractivity contribution is -0.133. The van der Waals surface area contributed by atoms with Crippen LogP contribution >= 0.6 is 22.9 Å². The molecule has 3 heterocycles. The Labute approximate surface area is 201 Å². The quantitative estimate of drug-likeness (QED) is 0.546. The molecule has 0 bridgehead atoms. The van der Waals surface area contributed by atoms with Crippen molar-refractivity contribution in [2.24, 2.45) is 0 Å². The molecule has 0 spiro atoms. The molecule has 1 N–H and O–H groups in total. The summed E-state index contributed by atoms with van der Waals surface area (Å²) in [6.45, 7) is 2.77. The summed E-state index contributed by atoms with van der Waals surface area (Å²) in [6.07, 6.45) is 2.88. The van der Waals surface area contributed by atoms with E-state index in [4.69, 9.17) is 16.3 Å². The number of thiophene rings is 1. The van der Waals surface area contributed by atoms with E-state index in [9.17, 15) is 9.59 Å². The minimum atomic E-state index is -0.0586. The van der Waals surface area contributed by atoms with Crippen LogP contribution in [0.15, 0.2) is 60.1 Å². The molecular weight excluding hydrogens is 460 g/mol. The molecule has 9 heteroatoms. The predicted octanol–water partition coefficient (Wildman–Crippen LogP) is 4.10. The Morgan fingerprint density at radius 1 is 1.06 bits per heavy atom.